The quantitative estimate of drug-likeness (QED) is 0.846. The van der Waals surface area contributed by atoms with Crippen molar-refractivity contribution in [1.29, 1.82) is 0 Å². The van der Waals surface area contributed by atoms with E-state index in [2.05, 4.69) is 0 Å². The first-order chi connectivity index (χ1) is 9.52. The Bertz CT molecular complexity index is 644. The van der Waals surface area contributed by atoms with E-state index in [-0.39, 0.29) is 22.9 Å². The average molecular weight is 274 g/mol. The molecule has 0 heterocycles. The molecule has 0 aliphatic carbocycles. The third-order valence-electron chi connectivity index (χ3n) is 2.95. The van der Waals surface area contributed by atoms with Crippen molar-refractivity contribution < 1.29 is 14.3 Å². The van der Waals surface area contributed by atoms with Crippen LogP contribution in [0.4, 0.5) is 15.8 Å². The Morgan fingerprint density at radius 1 is 1.30 bits per heavy atom. The Labute approximate surface area is 116 Å². The van der Waals surface area contributed by atoms with Crippen molar-refractivity contribution >= 4 is 17.3 Å². The SMILES string of the molecule is CCN(C(=O)c1ccc(N)c(F)c1)c1cccc(O)c1. The van der Waals surface area contributed by atoms with E-state index in [1.54, 1.807) is 19.1 Å². The van der Waals surface area contributed by atoms with Gasteiger partial charge in [0.25, 0.3) is 5.91 Å². The van der Waals surface area contributed by atoms with Crippen LogP contribution in [-0.2, 0) is 0 Å². The second kappa shape index (κ2) is 5.61. The molecule has 0 bridgehead atoms. The summed E-state index contributed by atoms with van der Waals surface area (Å²) in [5.74, 6) is -0.906. The number of phenolic OH excluding ortho intramolecular Hbond substituents is 1. The highest BCUT2D eigenvalue weighted by molar-refractivity contribution is 6.06. The summed E-state index contributed by atoms with van der Waals surface area (Å²) < 4.78 is 13.4. The van der Waals surface area contributed by atoms with E-state index in [4.69, 9.17) is 5.73 Å². The van der Waals surface area contributed by atoms with Crippen LogP contribution in [0.1, 0.15) is 17.3 Å². The molecule has 0 saturated carbocycles. The molecule has 3 N–H and O–H groups in total. The third-order valence-corrected chi connectivity index (χ3v) is 2.95. The van der Waals surface area contributed by atoms with Gasteiger partial charge >= 0.3 is 0 Å². The van der Waals surface area contributed by atoms with Crippen molar-refractivity contribution in [2.24, 2.45) is 0 Å². The zero-order valence-corrected chi connectivity index (χ0v) is 11.0. The number of nitrogen functional groups attached to an aromatic ring is 1. The number of hydrogen-bond acceptors (Lipinski definition) is 3. The first kappa shape index (κ1) is 13.9. The van der Waals surface area contributed by atoms with Crippen molar-refractivity contribution in [3.63, 3.8) is 0 Å². The lowest BCUT2D eigenvalue weighted by Crippen LogP contribution is -2.30. The molecule has 4 nitrogen and oxygen atoms in total. The first-order valence-corrected chi connectivity index (χ1v) is 6.19. The van der Waals surface area contributed by atoms with Gasteiger partial charge < -0.3 is 15.7 Å². The van der Waals surface area contributed by atoms with Crippen molar-refractivity contribution in [3.05, 3.63) is 53.8 Å². The molecule has 0 saturated heterocycles. The van der Waals surface area contributed by atoms with Crippen LogP contribution in [0.5, 0.6) is 5.75 Å². The number of phenols is 1. The van der Waals surface area contributed by atoms with E-state index in [1.807, 2.05) is 0 Å². The van der Waals surface area contributed by atoms with Gasteiger partial charge in [-0.3, -0.25) is 4.79 Å². The van der Waals surface area contributed by atoms with Crippen molar-refractivity contribution in [2.45, 2.75) is 6.92 Å². The Balaban J connectivity index is 2.36. The van der Waals surface area contributed by atoms with E-state index in [0.29, 0.717) is 12.2 Å². The molecule has 0 aliphatic heterocycles. The number of rotatable bonds is 3. The molecular weight excluding hydrogens is 259 g/mol. The maximum atomic E-state index is 13.4. The van der Waals surface area contributed by atoms with E-state index >= 15 is 0 Å². The maximum absolute atomic E-state index is 13.4. The van der Waals surface area contributed by atoms with E-state index < -0.39 is 5.82 Å². The number of carbonyl (C=O) groups is 1. The summed E-state index contributed by atoms with van der Waals surface area (Å²) in [4.78, 5) is 13.8. The summed E-state index contributed by atoms with van der Waals surface area (Å²) >= 11 is 0. The Morgan fingerprint density at radius 2 is 2.05 bits per heavy atom. The summed E-state index contributed by atoms with van der Waals surface area (Å²) in [5.41, 5.74) is 6.16. The smallest absolute Gasteiger partial charge is 0.258 e. The summed E-state index contributed by atoms with van der Waals surface area (Å²) in [7, 11) is 0. The summed E-state index contributed by atoms with van der Waals surface area (Å²) in [6.07, 6.45) is 0. The second-order valence-corrected chi connectivity index (χ2v) is 4.31. The lowest BCUT2D eigenvalue weighted by molar-refractivity contribution is 0.0988. The van der Waals surface area contributed by atoms with Crippen LogP contribution in [0.3, 0.4) is 0 Å². The van der Waals surface area contributed by atoms with Crippen LogP contribution in [0.25, 0.3) is 0 Å². The number of anilines is 2. The van der Waals surface area contributed by atoms with Crippen LogP contribution in [0.2, 0.25) is 0 Å². The van der Waals surface area contributed by atoms with E-state index in [9.17, 15) is 14.3 Å². The number of halogens is 1. The molecule has 0 aromatic heterocycles. The van der Waals surface area contributed by atoms with Gasteiger partial charge in [0.1, 0.15) is 11.6 Å². The molecule has 0 atom stereocenters. The molecule has 0 spiro atoms. The maximum Gasteiger partial charge on any atom is 0.258 e. The summed E-state index contributed by atoms with van der Waals surface area (Å²) in [5, 5.41) is 9.48. The van der Waals surface area contributed by atoms with Gasteiger partial charge in [0.15, 0.2) is 0 Å². The number of nitrogens with zero attached hydrogens (tertiary/aromatic N) is 1. The third kappa shape index (κ3) is 2.71. The fraction of sp³-hybridized carbons (Fsp3) is 0.133. The standard InChI is InChI=1S/C15H15FN2O2/c1-2-18(11-4-3-5-12(19)9-11)15(20)10-6-7-14(17)13(16)8-10/h3-9,19H,2,17H2,1H3. The molecular formula is C15H15FN2O2. The topological polar surface area (TPSA) is 66.6 Å². The van der Waals surface area contributed by atoms with Gasteiger partial charge in [-0.25, -0.2) is 4.39 Å². The Morgan fingerprint density at radius 3 is 2.65 bits per heavy atom. The minimum absolute atomic E-state index is 0.00181. The lowest BCUT2D eigenvalue weighted by Gasteiger charge is -2.21. The number of benzene rings is 2. The monoisotopic (exact) mass is 274 g/mol. The van der Waals surface area contributed by atoms with Crippen LogP contribution in [0, 0.1) is 5.82 Å². The van der Waals surface area contributed by atoms with Crippen LogP contribution in [0.15, 0.2) is 42.5 Å². The second-order valence-electron chi connectivity index (χ2n) is 4.31. The van der Waals surface area contributed by atoms with Gasteiger partial charge in [0.05, 0.1) is 5.69 Å². The molecule has 2 rings (SSSR count). The number of carbonyl (C=O) groups excluding carboxylic acids is 1. The van der Waals surface area contributed by atoms with Crippen LogP contribution < -0.4 is 10.6 Å². The molecule has 5 heteroatoms. The number of hydrogen-bond donors (Lipinski definition) is 2. The Hall–Kier alpha value is -2.56. The van der Waals surface area contributed by atoms with Gasteiger partial charge in [-0.2, -0.15) is 0 Å². The predicted molar refractivity (Wildman–Crippen MR) is 76.3 cm³/mol. The molecule has 2 aromatic rings. The zero-order valence-electron chi connectivity index (χ0n) is 11.0. The molecule has 20 heavy (non-hydrogen) atoms. The number of amides is 1. The predicted octanol–water partition coefficient (Wildman–Crippen LogP) is 2.78. The normalized spacial score (nSPS) is 10.3. The largest absolute Gasteiger partial charge is 0.508 e. The highest BCUT2D eigenvalue weighted by Gasteiger charge is 2.17. The minimum atomic E-state index is -0.622. The van der Waals surface area contributed by atoms with Crippen LogP contribution >= 0.6 is 0 Å². The van der Waals surface area contributed by atoms with Crippen molar-refractivity contribution in [2.75, 3.05) is 17.2 Å². The van der Waals surface area contributed by atoms with Gasteiger partial charge in [-0.1, -0.05) is 6.07 Å². The highest BCUT2D eigenvalue weighted by Crippen LogP contribution is 2.22. The van der Waals surface area contributed by atoms with Gasteiger partial charge in [-0.05, 0) is 37.3 Å². The average Bonchev–Trinajstić information content (AvgIpc) is 2.42. The van der Waals surface area contributed by atoms with E-state index in [1.165, 1.54) is 29.2 Å². The van der Waals surface area contributed by atoms with E-state index in [0.717, 1.165) is 6.07 Å². The molecule has 0 aliphatic rings. The molecule has 104 valence electrons. The fourth-order valence-corrected chi connectivity index (χ4v) is 1.92. The molecule has 0 fully saturated rings. The molecule has 1 amide bonds. The molecule has 0 radical (unpaired) electrons. The Kier molecular flexibility index (Phi) is 3.89. The molecule has 2 aromatic carbocycles. The first-order valence-electron chi connectivity index (χ1n) is 6.19. The molecule has 0 unspecified atom stereocenters. The number of aromatic hydroxyl groups is 1. The van der Waals surface area contributed by atoms with Gasteiger partial charge in [0.2, 0.25) is 0 Å². The van der Waals surface area contributed by atoms with Crippen molar-refractivity contribution in [3.8, 4) is 5.75 Å². The van der Waals surface area contributed by atoms with Crippen molar-refractivity contribution in [1.82, 2.24) is 0 Å². The fourth-order valence-electron chi connectivity index (χ4n) is 1.92. The minimum Gasteiger partial charge on any atom is -0.508 e. The zero-order chi connectivity index (χ0) is 14.7. The summed E-state index contributed by atoms with van der Waals surface area (Å²) in [6, 6.07) is 10.3. The lowest BCUT2D eigenvalue weighted by atomic mass is 10.1. The highest BCUT2D eigenvalue weighted by atomic mass is 19.1. The van der Waals surface area contributed by atoms with Gasteiger partial charge in [-0.15, -0.1) is 0 Å². The summed E-state index contributed by atoms with van der Waals surface area (Å²) in [6.45, 7) is 2.20. The number of nitrogens with two attached hydrogens (primary N) is 1. The van der Waals surface area contributed by atoms with Gasteiger partial charge in [0, 0.05) is 23.9 Å². The van der Waals surface area contributed by atoms with Crippen LogP contribution in [-0.4, -0.2) is 17.6 Å².